The summed E-state index contributed by atoms with van der Waals surface area (Å²) in [6.07, 6.45) is 6.61. The topological polar surface area (TPSA) is 66.8 Å². The van der Waals surface area contributed by atoms with Crippen molar-refractivity contribution in [3.63, 3.8) is 0 Å². The van der Waals surface area contributed by atoms with E-state index >= 15 is 0 Å². The molecule has 0 saturated heterocycles. The minimum absolute atomic E-state index is 0.178. The van der Waals surface area contributed by atoms with Crippen molar-refractivity contribution in [2.24, 2.45) is 0 Å². The molecule has 0 aromatic heterocycles. The average Bonchev–Trinajstić information content (AvgIpc) is 2.82. The maximum absolute atomic E-state index is 13.1. The zero-order valence-corrected chi connectivity index (χ0v) is 21.1. The number of aliphatic carboxylic acids is 1. The van der Waals surface area contributed by atoms with Gasteiger partial charge < -0.3 is 14.7 Å². The Morgan fingerprint density at radius 1 is 0.853 bits per heavy atom. The van der Waals surface area contributed by atoms with Crippen molar-refractivity contribution in [2.75, 3.05) is 19.7 Å². The lowest BCUT2D eigenvalue weighted by molar-refractivity contribution is -0.150. The van der Waals surface area contributed by atoms with Crippen molar-refractivity contribution in [1.29, 1.82) is 0 Å². The molecule has 0 aliphatic rings. The molecular formula is C29H41NO4. The molecule has 2 aromatic rings. The number of aryl methyl sites for hydroxylation is 1. The first kappa shape index (κ1) is 27.6. The molecule has 1 N–H and O–H groups in total. The standard InChI is InChI=1S/C29H41NO4/c1-4-6-7-8-9-19-30(28(31)22-26-12-10-23(3)11-13-26)20-18-24-14-16-25(17-15-24)21-27(29(32)33)34-5-2/h10-17,27H,4-9,18-22H2,1-3H3,(H,32,33)/t27-/m0/s1. The highest BCUT2D eigenvalue weighted by Gasteiger charge is 2.18. The van der Waals surface area contributed by atoms with E-state index in [1.54, 1.807) is 6.92 Å². The van der Waals surface area contributed by atoms with Crippen molar-refractivity contribution in [2.45, 2.75) is 78.2 Å². The van der Waals surface area contributed by atoms with Gasteiger partial charge in [-0.15, -0.1) is 0 Å². The number of ether oxygens (including phenoxy) is 1. The molecule has 186 valence electrons. The number of rotatable bonds is 16. The molecule has 0 radical (unpaired) electrons. The predicted octanol–water partition coefficient (Wildman–Crippen LogP) is 5.61. The third-order valence-electron chi connectivity index (χ3n) is 6.12. The number of carboxylic acid groups (broad SMARTS) is 1. The highest BCUT2D eigenvalue weighted by molar-refractivity contribution is 5.78. The fraction of sp³-hybridized carbons (Fsp3) is 0.517. The molecule has 0 spiro atoms. The highest BCUT2D eigenvalue weighted by Crippen LogP contribution is 2.13. The molecule has 0 heterocycles. The van der Waals surface area contributed by atoms with E-state index in [2.05, 4.69) is 26.0 Å². The maximum Gasteiger partial charge on any atom is 0.333 e. The molecule has 1 amide bonds. The normalized spacial score (nSPS) is 11.9. The molecule has 34 heavy (non-hydrogen) atoms. The quantitative estimate of drug-likeness (QED) is 0.326. The van der Waals surface area contributed by atoms with E-state index in [1.165, 1.54) is 24.8 Å². The molecule has 0 bridgehead atoms. The summed E-state index contributed by atoms with van der Waals surface area (Å²) < 4.78 is 5.32. The second kappa shape index (κ2) is 15.3. The number of hydrogen-bond acceptors (Lipinski definition) is 3. The van der Waals surface area contributed by atoms with E-state index in [-0.39, 0.29) is 5.91 Å². The highest BCUT2D eigenvalue weighted by atomic mass is 16.5. The van der Waals surface area contributed by atoms with Gasteiger partial charge in [-0.3, -0.25) is 4.79 Å². The zero-order chi connectivity index (χ0) is 24.8. The van der Waals surface area contributed by atoms with Crippen LogP contribution in [0, 0.1) is 6.92 Å². The van der Waals surface area contributed by atoms with Gasteiger partial charge in [0.25, 0.3) is 0 Å². The first-order chi connectivity index (χ1) is 16.4. The van der Waals surface area contributed by atoms with Crippen LogP contribution in [-0.2, 0) is 33.6 Å². The molecule has 1 atom stereocenters. The van der Waals surface area contributed by atoms with Crippen LogP contribution in [0.4, 0.5) is 0 Å². The Kier molecular flexibility index (Phi) is 12.4. The Bertz CT molecular complexity index is 861. The van der Waals surface area contributed by atoms with Crippen molar-refractivity contribution >= 4 is 11.9 Å². The van der Waals surface area contributed by atoms with E-state index < -0.39 is 12.1 Å². The third kappa shape index (κ3) is 10.1. The van der Waals surface area contributed by atoms with E-state index in [0.717, 1.165) is 42.5 Å². The lowest BCUT2D eigenvalue weighted by Crippen LogP contribution is -2.35. The van der Waals surface area contributed by atoms with Crippen molar-refractivity contribution in [1.82, 2.24) is 4.90 Å². The fourth-order valence-corrected chi connectivity index (χ4v) is 4.00. The minimum Gasteiger partial charge on any atom is -0.479 e. The first-order valence-corrected chi connectivity index (χ1v) is 12.7. The number of hydrogen-bond donors (Lipinski definition) is 1. The smallest absolute Gasteiger partial charge is 0.333 e. The van der Waals surface area contributed by atoms with Crippen LogP contribution in [0.3, 0.4) is 0 Å². The summed E-state index contributed by atoms with van der Waals surface area (Å²) in [7, 11) is 0. The minimum atomic E-state index is -0.937. The van der Waals surface area contributed by atoms with Crippen molar-refractivity contribution < 1.29 is 19.4 Å². The van der Waals surface area contributed by atoms with Crippen LogP contribution in [0.2, 0.25) is 0 Å². The second-order valence-corrected chi connectivity index (χ2v) is 9.01. The van der Waals surface area contributed by atoms with Gasteiger partial charge in [-0.05, 0) is 43.4 Å². The van der Waals surface area contributed by atoms with Crippen LogP contribution in [0.5, 0.6) is 0 Å². The number of benzene rings is 2. The van der Waals surface area contributed by atoms with Crippen LogP contribution in [0.25, 0.3) is 0 Å². The Hall–Kier alpha value is -2.66. The largest absolute Gasteiger partial charge is 0.479 e. The number of unbranched alkanes of at least 4 members (excludes halogenated alkanes) is 4. The summed E-state index contributed by atoms with van der Waals surface area (Å²) in [5.74, 6) is -0.760. The Labute approximate surface area is 205 Å². The molecule has 0 fully saturated rings. The molecule has 0 saturated carbocycles. The average molecular weight is 468 g/mol. The second-order valence-electron chi connectivity index (χ2n) is 9.01. The van der Waals surface area contributed by atoms with Gasteiger partial charge in [0, 0.05) is 26.1 Å². The zero-order valence-electron chi connectivity index (χ0n) is 21.1. The molecule has 0 unspecified atom stereocenters. The summed E-state index contributed by atoms with van der Waals surface area (Å²) in [5, 5.41) is 9.29. The SMILES string of the molecule is CCCCCCCN(CCc1ccc(C[C@H](OCC)C(=O)O)cc1)C(=O)Cc1ccc(C)cc1. The molecule has 5 heteroatoms. The summed E-state index contributed by atoms with van der Waals surface area (Å²) in [6, 6.07) is 16.2. The number of carbonyl (C=O) groups is 2. The van der Waals surface area contributed by atoms with Gasteiger partial charge in [0.1, 0.15) is 0 Å². The number of carboxylic acids is 1. The van der Waals surface area contributed by atoms with Gasteiger partial charge in [-0.1, -0.05) is 86.7 Å². The van der Waals surface area contributed by atoms with Crippen LogP contribution in [0.15, 0.2) is 48.5 Å². The van der Waals surface area contributed by atoms with E-state index in [9.17, 15) is 14.7 Å². The summed E-state index contributed by atoms with van der Waals surface area (Å²) in [5.41, 5.74) is 4.33. The van der Waals surface area contributed by atoms with Gasteiger partial charge in [0.05, 0.1) is 6.42 Å². The van der Waals surface area contributed by atoms with E-state index in [0.29, 0.717) is 26.0 Å². The lowest BCUT2D eigenvalue weighted by atomic mass is 10.0. The van der Waals surface area contributed by atoms with Crippen molar-refractivity contribution in [3.05, 3.63) is 70.8 Å². The van der Waals surface area contributed by atoms with E-state index in [4.69, 9.17) is 4.74 Å². The molecule has 2 aromatic carbocycles. The maximum atomic E-state index is 13.1. The number of carbonyl (C=O) groups excluding carboxylic acids is 1. The van der Waals surface area contributed by atoms with Gasteiger partial charge in [0.2, 0.25) is 5.91 Å². The van der Waals surface area contributed by atoms with Gasteiger partial charge in [-0.2, -0.15) is 0 Å². The third-order valence-corrected chi connectivity index (χ3v) is 6.12. The van der Waals surface area contributed by atoms with Crippen LogP contribution >= 0.6 is 0 Å². The van der Waals surface area contributed by atoms with Gasteiger partial charge in [0.15, 0.2) is 6.10 Å². The van der Waals surface area contributed by atoms with Crippen molar-refractivity contribution in [3.8, 4) is 0 Å². The first-order valence-electron chi connectivity index (χ1n) is 12.7. The number of nitrogens with zero attached hydrogens (tertiary/aromatic N) is 1. The van der Waals surface area contributed by atoms with Gasteiger partial charge in [-0.25, -0.2) is 4.79 Å². The van der Waals surface area contributed by atoms with Crippen LogP contribution < -0.4 is 0 Å². The summed E-state index contributed by atoms with van der Waals surface area (Å²) >= 11 is 0. The van der Waals surface area contributed by atoms with Crippen LogP contribution in [-0.4, -0.2) is 47.7 Å². The summed E-state index contributed by atoms with van der Waals surface area (Å²) in [4.78, 5) is 26.4. The molecule has 0 aliphatic heterocycles. The van der Waals surface area contributed by atoms with Gasteiger partial charge >= 0.3 is 5.97 Å². The van der Waals surface area contributed by atoms with E-state index in [1.807, 2.05) is 41.3 Å². The molecule has 2 rings (SSSR count). The monoisotopic (exact) mass is 467 g/mol. The lowest BCUT2D eigenvalue weighted by Gasteiger charge is -2.23. The molecule has 0 aliphatic carbocycles. The Morgan fingerprint density at radius 3 is 2.09 bits per heavy atom. The predicted molar refractivity (Wildman–Crippen MR) is 137 cm³/mol. The molecular weight excluding hydrogens is 426 g/mol. The van der Waals surface area contributed by atoms with Crippen LogP contribution in [0.1, 0.15) is 68.2 Å². The number of amides is 1. The summed E-state index contributed by atoms with van der Waals surface area (Å²) in [6.45, 7) is 7.92. The Balaban J connectivity index is 1.96. The fourth-order valence-electron chi connectivity index (χ4n) is 4.00. The Morgan fingerprint density at radius 2 is 1.47 bits per heavy atom. The molecule has 5 nitrogen and oxygen atoms in total.